The molecular weight excluding hydrogens is 398 g/mol. The maximum atomic E-state index is 12.5. The fourth-order valence-corrected chi connectivity index (χ4v) is 2.97. The van der Waals surface area contributed by atoms with E-state index in [4.69, 9.17) is 9.15 Å². The van der Waals surface area contributed by atoms with Crippen LogP contribution in [0.2, 0.25) is 0 Å². The fraction of sp³-hybridized carbons (Fsp3) is 0.130. The molecule has 0 saturated heterocycles. The van der Waals surface area contributed by atoms with E-state index < -0.39 is 10.8 Å². The number of hydrogen-bond acceptors (Lipinski definition) is 6. The quantitative estimate of drug-likeness (QED) is 0.259. The number of nitro benzene ring substituents is 1. The second kappa shape index (κ2) is 9.41. The maximum absolute atomic E-state index is 12.5. The van der Waals surface area contributed by atoms with Crippen LogP contribution in [0, 0.1) is 21.4 Å². The lowest BCUT2D eigenvalue weighted by Crippen LogP contribution is -2.27. The van der Waals surface area contributed by atoms with Crippen LogP contribution in [0.5, 0.6) is 5.75 Å². The Hall–Kier alpha value is -4.38. The first-order chi connectivity index (χ1) is 14.9. The first-order valence-corrected chi connectivity index (χ1v) is 9.33. The third-order valence-corrected chi connectivity index (χ3v) is 4.58. The van der Waals surface area contributed by atoms with Crippen LogP contribution in [0.3, 0.4) is 0 Å². The van der Waals surface area contributed by atoms with Crippen molar-refractivity contribution in [3.8, 4) is 23.1 Å². The molecule has 31 heavy (non-hydrogen) atoms. The molecule has 156 valence electrons. The van der Waals surface area contributed by atoms with Crippen LogP contribution in [0.4, 0.5) is 5.69 Å². The normalized spacial score (nSPS) is 12.0. The van der Waals surface area contributed by atoms with Crippen LogP contribution in [-0.4, -0.2) is 17.9 Å². The molecule has 0 spiro atoms. The third kappa shape index (κ3) is 4.97. The first-order valence-electron chi connectivity index (χ1n) is 9.33. The van der Waals surface area contributed by atoms with Gasteiger partial charge in [-0.1, -0.05) is 30.3 Å². The molecule has 1 atom stereocenters. The Balaban J connectivity index is 1.84. The third-order valence-electron chi connectivity index (χ3n) is 4.58. The van der Waals surface area contributed by atoms with Gasteiger partial charge in [-0.2, -0.15) is 5.26 Å². The molecule has 1 amide bonds. The minimum Gasteiger partial charge on any atom is -0.496 e. The lowest BCUT2D eigenvalue weighted by molar-refractivity contribution is -0.384. The van der Waals surface area contributed by atoms with E-state index in [2.05, 4.69) is 5.32 Å². The van der Waals surface area contributed by atoms with Gasteiger partial charge in [0.25, 0.3) is 11.6 Å². The molecule has 8 heteroatoms. The van der Waals surface area contributed by atoms with E-state index >= 15 is 0 Å². The average molecular weight is 417 g/mol. The summed E-state index contributed by atoms with van der Waals surface area (Å²) in [6.45, 7) is 1.82. The van der Waals surface area contributed by atoms with E-state index in [1.54, 1.807) is 12.1 Å². The molecule has 1 aromatic heterocycles. The number of ether oxygens (including phenoxy) is 1. The number of amides is 1. The monoisotopic (exact) mass is 417 g/mol. The Morgan fingerprint density at radius 2 is 1.97 bits per heavy atom. The lowest BCUT2D eigenvalue weighted by atomic mass is 10.1. The van der Waals surface area contributed by atoms with E-state index in [1.165, 1.54) is 31.4 Å². The molecule has 3 rings (SSSR count). The van der Waals surface area contributed by atoms with E-state index in [0.717, 1.165) is 5.56 Å². The largest absolute Gasteiger partial charge is 0.496 e. The summed E-state index contributed by atoms with van der Waals surface area (Å²) in [7, 11) is 1.44. The van der Waals surface area contributed by atoms with E-state index in [1.807, 2.05) is 43.3 Å². The second-order valence-electron chi connectivity index (χ2n) is 6.62. The van der Waals surface area contributed by atoms with Gasteiger partial charge in [0.05, 0.1) is 23.6 Å². The van der Waals surface area contributed by atoms with Gasteiger partial charge < -0.3 is 14.5 Å². The topological polar surface area (TPSA) is 118 Å². The highest BCUT2D eigenvalue weighted by atomic mass is 16.6. The highest BCUT2D eigenvalue weighted by Crippen LogP contribution is 2.34. The Morgan fingerprint density at radius 1 is 1.23 bits per heavy atom. The zero-order valence-corrected chi connectivity index (χ0v) is 16.9. The van der Waals surface area contributed by atoms with Crippen molar-refractivity contribution in [1.82, 2.24) is 5.32 Å². The van der Waals surface area contributed by atoms with Gasteiger partial charge in [-0.25, -0.2) is 0 Å². The Labute approximate surface area is 178 Å². The van der Waals surface area contributed by atoms with Crippen molar-refractivity contribution in [3.63, 3.8) is 0 Å². The summed E-state index contributed by atoms with van der Waals surface area (Å²) in [4.78, 5) is 23.1. The summed E-state index contributed by atoms with van der Waals surface area (Å²) in [5.41, 5.74) is 1.05. The molecule has 0 bridgehead atoms. The van der Waals surface area contributed by atoms with Gasteiger partial charge in [-0.15, -0.1) is 0 Å². The van der Waals surface area contributed by atoms with Crippen LogP contribution >= 0.6 is 0 Å². The predicted molar refractivity (Wildman–Crippen MR) is 114 cm³/mol. The van der Waals surface area contributed by atoms with E-state index in [-0.39, 0.29) is 23.1 Å². The van der Waals surface area contributed by atoms with Gasteiger partial charge in [-0.3, -0.25) is 14.9 Å². The fourth-order valence-electron chi connectivity index (χ4n) is 2.97. The number of hydrogen-bond donors (Lipinski definition) is 1. The van der Waals surface area contributed by atoms with Crippen molar-refractivity contribution >= 4 is 17.7 Å². The number of carbonyl (C=O) groups is 1. The molecule has 0 saturated carbocycles. The van der Waals surface area contributed by atoms with Gasteiger partial charge in [-0.05, 0) is 30.7 Å². The average Bonchev–Trinajstić information content (AvgIpc) is 3.25. The molecule has 0 aliphatic rings. The molecule has 0 aliphatic heterocycles. The zero-order chi connectivity index (χ0) is 22.4. The van der Waals surface area contributed by atoms with E-state index in [9.17, 15) is 20.2 Å². The number of methoxy groups -OCH3 is 1. The predicted octanol–water partition coefficient (Wildman–Crippen LogP) is 4.65. The number of carbonyl (C=O) groups excluding carboxylic acids is 1. The van der Waals surface area contributed by atoms with Crippen LogP contribution in [-0.2, 0) is 4.79 Å². The molecule has 3 aromatic rings. The Bertz CT molecular complexity index is 1180. The number of nitro groups is 1. The lowest BCUT2D eigenvalue weighted by Gasteiger charge is -2.13. The summed E-state index contributed by atoms with van der Waals surface area (Å²) >= 11 is 0. The minimum absolute atomic E-state index is 0.115. The summed E-state index contributed by atoms with van der Waals surface area (Å²) < 4.78 is 11.0. The molecule has 0 unspecified atom stereocenters. The van der Waals surface area contributed by atoms with Crippen molar-refractivity contribution in [2.75, 3.05) is 7.11 Å². The van der Waals surface area contributed by atoms with Crippen molar-refractivity contribution in [1.29, 1.82) is 5.26 Å². The van der Waals surface area contributed by atoms with Crippen molar-refractivity contribution in [2.24, 2.45) is 0 Å². The number of nitriles is 1. The van der Waals surface area contributed by atoms with Gasteiger partial charge in [0, 0.05) is 18.2 Å². The molecule has 2 aromatic carbocycles. The summed E-state index contributed by atoms with van der Waals surface area (Å²) in [6.07, 6.45) is 1.32. The van der Waals surface area contributed by atoms with Gasteiger partial charge in [0.15, 0.2) is 0 Å². The number of nitrogens with zero attached hydrogens (tertiary/aromatic N) is 2. The SMILES string of the molecule is COc1ccc([N+](=O)[O-])cc1-c1ccc(/C=C(/C#N)C(=O)N[C@H](C)c2ccccc2)o1. The minimum atomic E-state index is -0.537. The Morgan fingerprint density at radius 3 is 2.61 bits per heavy atom. The summed E-state index contributed by atoms with van der Waals surface area (Å²) in [5, 5.41) is 23.3. The van der Waals surface area contributed by atoms with Crippen LogP contribution in [0.1, 0.15) is 24.3 Å². The van der Waals surface area contributed by atoms with Crippen molar-refractivity contribution in [3.05, 3.63) is 87.7 Å². The summed E-state index contributed by atoms with van der Waals surface area (Å²) in [6, 6.07) is 18.3. The van der Waals surface area contributed by atoms with Crippen LogP contribution < -0.4 is 10.1 Å². The molecule has 0 aliphatic carbocycles. The molecular formula is C23H19N3O5. The molecule has 0 fully saturated rings. The first kappa shape index (κ1) is 21.3. The highest BCUT2D eigenvalue weighted by molar-refractivity contribution is 6.01. The molecule has 8 nitrogen and oxygen atoms in total. The van der Waals surface area contributed by atoms with Gasteiger partial charge >= 0.3 is 0 Å². The maximum Gasteiger partial charge on any atom is 0.270 e. The van der Waals surface area contributed by atoms with E-state index in [0.29, 0.717) is 17.1 Å². The van der Waals surface area contributed by atoms with Crippen LogP contribution in [0.15, 0.2) is 70.7 Å². The summed E-state index contributed by atoms with van der Waals surface area (Å²) in [5.74, 6) is 0.417. The zero-order valence-electron chi connectivity index (χ0n) is 16.9. The molecule has 1 heterocycles. The van der Waals surface area contributed by atoms with Crippen molar-refractivity contribution in [2.45, 2.75) is 13.0 Å². The second-order valence-corrected chi connectivity index (χ2v) is 6.62. The Kier molecular flexibility index (Phi) is 6.48. The standard InChI is InChI=1S/C23H19N3O5/c1-15(16-6-4-3-5-7-16)25-23(27)17(14-24)12-19-9-11-22(31-19)20-13-18(26(28)29)8-10-21(20)30-2/h3-13,15H,1-2H3,(H,25,27)/b17-12-/t15-/m1/s1. The van der Waals surface area contributed by atoms with Gasteiger partial charge in [0.1, 0.15) is 28.9 Å². The number of furan rings is 1. The van der Waals surface area contributed by atoms with Gasteiger partial charge in [0.2, 0.25) is 0 Å². The number of benzene rings is 2. The number of nitrogens with one attached hydrogen (secondary N) is 1. The van der Waals surface area contributed by atoms with Crippen molar-refractivity contribution < 1.29 is 18.9 Å². The smallest absolute Gasteiger partial charge is 0.270 e. The molecule has 0 radical (unpaired) electrons. The van der Waals surface area contributed by atoms with Crippen LogP contribution in [0.25, 0.3) is 17.4 Å². The highest BCUT2D eigenvalue weighted by Gasteiger charge is 2.17. The number of non-ortho nitro benzene ring substituents is 1. The molecule has 1 N–H and O–H groups in total. The number of rotatable bonds is 7.